The van der Waals surface area contributed by atoms with Gasteiger partial charge in [-0.25, -0.2) is 15.0 Å². The number of nitrogens with two attached hydrogens (primary N) is 1. The van der Waals surface area contributed by atoms with E-state index in [1.54, 1.807) is 0 Å². The van der Waals surface area contributed by atoms with Crippen LogP contribution in [0.5, 0.6) is 0 Å². The Bertz CT molecular complexity index is 512. The van der Waals surface area contributed by atoms with Gasteiger partial charge in [0.2, 0.25) is 5.95 Å². The zero-order chi connectivity index (χ0) is 11.3. The predicted molar refractivity (Wildman–Crippen MR) is 61.2 cm³/mol. The normalized spacial score (nSPS) is 15.9. The molecule has 0 aromatic heterocycles. The average molecular weight is 217 g/mol. The molecule has 0 aromatic rings. The molecule has 2 heterocycles. The average Bonchev–Trinajstić information content (AvgIpc) is 2.99. The number of fused-ring (bicyclic) bond motifs is 1. The van der Waals surface area contributed by atoms with Crippen LogP contribution in [0.15, 0.2) is 0 Å². The quantitative estimate of drug-likeness (QED) is 0.828. The maximum absolute atomic E-state index is 5.88. The molecule has 0 bridgehead atoms. The van der Waals surface area contributed by atoms with E-state index < -0.39 is 0 Å². The predicted octanol–water partition coefficient (Wildman–Crippen LogP) is 1.57. The molecule has 2 aliphatic heterocycles. The lowest BCUT2D eigenvalue weighted by atomic mass is 10.3. The third-order valence-corrected chi connectivity index (χ3v) is 3.07. The van der Waals surface area contributed by atoms with Gasteiger partial charge in [0.05, 0.1) is 5.69 Å². The molecule has 0 unspecified atom stereocenters. The summed E-state index contributed by atoms with van der Waals surface area (Å²) >= 11 is 0. The smallest absolute Gasteiger partial charge is 0.202 e. The Balaban J connectivity index is 2.25. The molecule has 5 nitrogen and oxygen atoms in total. The van der Waals surface area contributed by atoms with E-state index in [2.05, 4.69) is 15.0 Å². The first-order chi connectivity index (χ1) is 7.70. The van der Waals surface area contributed by atoms with Gasteiger partial charge in [0.25, 0.3) is 0 Å². The minimum Gasteiger partial charge on any atom is -0.369 e. The Morgan fingerprint density at radius 1 is 1.31 bits per heavy atom. The van der Waals surface area contributed by atoms with Crippen LogP contribution in [0.3, 0.4) is 0 Å². The van der Waals surface area contributed by atoms with Crippen molar-refractivity contribution in [3.8, 4) is 11.5 Å². The molecule has 1 saturated carbocycles. The van der Waals surface area contributed by atoms with Gasteiger partial charge in [-0.2, -0.15) is 0 Å². The number of imidazole rings is 1. The standard InChI is InChI=1S/C11H15N5/c1-3-16-10-8(6(2)13-11(16)12)14-9(15-10)7-4-5-7/h7H,3-5H2,1-2H3,(H2,12,13). The topological polar surface area (TPSA) is 69.6 Å². The summed E-state index contributed by atoms with van der Waals surface area (Å²) < 4.78 is 1.92. The van der Waals surface area contributed by atoms with E-state index in [0.717, 1.165) is 29.6 Å². The summed E-state index contributed by atoms with van der Waals surface area (Å²) in [5.74, 6) is 2.94. The van der Waals surface area contributed by atoms with Crippen LogP contribution in [0.1, 0.15) is 37.2 Å². The minimum absolute atomic E-state index is 0.523. The molecule has 0 saturated heterocycles. The van der Waals surface area contributed by atoms with Gasteiger partial charge < -0.3 is 5.73 Å². The molecular formula is C11H15N5. The fraction of sp³-hybridized carbons (Fsp3) is 0.545. The summed E-state index contributed by atoms with van der Waals surface area (Å²) in [7, 11) is 0. The molecule has 1 fully saturated rings. The molecular weight excluding hydrogens is 202 g/mol. The number of rotatable bonds is 2. The Hall–Kier alpha value is -1.65. The molecule has 0 spiro atoms. The van der Waals surface area contributed by atoms with Gasteiger partial charge in [-0.05, 0) is 26.7 Å². The van der Waals surface area contributed by atoms with Crippen LogP contribution in [0, 0.1) is 6.92 Å². The Labute approximate surface area is 94.1 Å². The number of anilines is 1. The summed E-state index contributed by atoms with van der Waals surface area (Å²) in [6.45, 7) is 4.75. The van der Waals surface area contributed by atoms with Crippen molar-refractivity contribution >= 4 is 5.95 Å². The van der Waals surface area contributed by atoms with E-state index in [9.17, 15) is 0 Å². The molecule has 0 aromatic carbocycles. The third-order valence-electron chi connectivity index (χ3n) is 3.07. The van der Waals surface area contributed by atoms with Crippen LogP contribution >= 0.6 is 0 Å². The van der Waals surface area contributed by atoms with Gasteiger partial charge in [-0.3, -0.25) is 4.57 Å². The molecule has 3 rings (SSSR count). The Morgan fingerprint density at radius 3 is 2.69 bits per heavy atom. The van der Waals surface area contributed by atoms with Gasteiger partial charge >= 0.3 is 0 Å². The van der Waals surface area contributed by atoms with E-state index >= 15 is 0 Å². The fourth-order valence-corrected chi connectivity index (χ4v) is 2.01. The summed E-state index contributed by atoms with van der Waals surface area (Å²) in [5, 5.41) is 0. The van der Waals surface area contributed by atoms with Crippen molar-refractivity contribution in [1.82, 2.24) is 19.5 Å². The lowest BCUT2D eigenvalue weighted by Gasteiger charge is -2.12. The number of nitrogens with zero attached hydrogens (tertiary/aromatic N) is 4. The van der Waals surface area contributed by atoms with Crippen molar-refractivity contribution < 1.29 is 0 Å². The first kappa shape index (κ1) is 9.57. The lowest BCUT2D eigenvalue weighted by Crippen LogP contribution is -2.12. The molecule has 1 aliphatic carbocycles. The lowest BCUT2D eigenvalue weighted by molar-refractivity contribution is 0.739. The highest BCUT2D eigenvalue weighted by atomic mass is 15.2. The van der Waals surface area contributed by atoms with Crippen molar-refractivity contribution in [2.45, 2.75) is 39.2 Å². The highest BCUT2D eigenvalue weighted by Gasteiger charge is 2.30. The van der Waals surface area contributed by atoms with E-state index in [0.29, 0.717) is 11.9 Å². The zero-order valence-corrected chi connectivity index (χ0v) is 9.56. The minimum atomic E-state index is 0.523. The third kappa shape index (κ3) is 1.27. The first-order valence-electron chi connectivity index (χ1n) is 5.71. The van der Waals surface area contributed by atoms with Crippen molar-refractivity contribution in [3.05, 3.63) is 11.5 Å². The maximum Gasteiger partial charge on any atom is 0.202 e. The maximum atomic E-state index is 5.88. The summed E-state index contributed by atoms with van der Waals surface area (Å²) in [4.78, 5) is 13.5. The Morgan fingerprint density at radius 2 is 2.06 bits per heavy atom. The van der Waals surface area contributed by atoms with Crippen LogP contribution in [-0.4, -0.2) is 19.5 Å². The molecule has 0 radical (unpaired) electrons. The van der Waals surface area contributed by atoms with Crippen molar-refractivity contribution in [2.75, 3.05) is 5.73 Å². The van der Waals surface area contributed by atoms with E-state index in [1.165, 1.54) is 12.8 Å². The second kappa shape index (κ2) is 3.17. The van der Waals surface area contributed by atoms with Gasteiger partial charge in [0, 0.05) is 12.5 Å². The Kier molecular flexibility index (Phi) is 1.89. The van der Waals surface area contributed by atoms with Crippen molar-refractivity contribution in [3.63, 3.8) is 0 Å². The first-order valence-corrected chi connectivity index (χ1v) is 5.71. The number of nitrogen functional groups attached to an aromatic ring is 1. The van der Waals surface area contributed by atoms with Crippen molar-refractivity contribution in [2.24, 2.45) is 0 Å². The SMILES string of the molecule is CCn1c(N)nc(C)c2nc(C3CC3)nc1-2. The van der Waals surface area contributed by atoms with Crippen LogP contribution in [0.2, 0.25) is 0 Å². The highest BCUT2D eigenvalue weighted by Crippen LogP contribution is 2.40. The van der Waals surface area contributed by atoms with E-state index in [-0.39, 0.29) is 0 Å². The molecule has 84 valence electrons. The van der Waals surface area contributed by atoms with Gasteiger partial charge in [-0.15, -0.1) is 0 Å². The van der Waals surface area contributed by atoms with E-state index in [4.69, 9.17) is 5.73 Å². The van der Waals surface area contributed by atoms with Gasteiger partial charge in [0.15, 0.2) is 5.82 Å². The van der Waals surface area contributed by atoms with Crippen molar-refractivity contribution in [1.29, 1.82) is 0 Å². The second-order valence-electron chi connectivity index (χ2n) is 4.33. The molecule has 5 heteroatoms. The molecule has 2 N–H and O–H groups in total. The largest absolute Gasteiger partial charge is 0.369 e. The molecule has 3 aliphatic rings. The summed E-state index contributed by atoms with van der Waals surface area (Å²) in [6.07, 6.45) is 2.43. The number of aromatic nitrogens is 4. The monoisotopic (exact) mass is 217 g/mol. The number of aryl methyl sites for hydroxylation is 1. The number of hydrogen-bond acceptors (Lipinski definition) is 4. The number of hydrogen-bond donors (Lipinski definition) is 1. The molecule has 0 atom stereocenters. The van der Waals surface area contributed by atoms with E-state index in [1.807, 2.05) is 18.4 Å². The van der Waals surface area contributed by atoms with Crippen LogP contribution in [0.25, 0.3) is 11.5 Å². The van der Waals surface area contributed by atoms with Gasteiger partial charge in [-0.1, -0.05) is 0 Å². The van der Waals surface area contributed by atoms with Gasteiger partial charge in [0.1, 0.15) is 11.5 Å². The van der Waals surface area contributed by atoms with Crippen LogP contribution in [0.4, 0.5) is 5.95 Å². The second-order valence-corrected chi connectivity index (χ2v) is 4.33. The summed E-state index contributed by atoms with van der Waals surface area (Å²) in [5.41, 5.74) is 7.66. The van der Waals surface area contributed by atoms with Crippen LogP contribution in [-0.2, 0) is 6.54 Å². The fourth-order valence-electron chi connectivity index (χ4n) is 2.01. The summed E-state index contributed by atoms with van der Waals surface area (Å²) in [6, 6.07) is 0. The zero-order valence-electron chi connectivity index (χ0n) is 9.56. The molecule has 16 heavy (non-hydrogen) atoms. The van der Waals surface area contributed by atoms with Crippen LogP contribution < -0.4 is 5.73 Å². The molecule has 0 amide bonds. The highest BCUT2D eigenvalue weighted by molar-refractivity contribution is 5.58.